The highest BCUT2D eigenvalue weighted by Crippen LogP contribution is 2.22. The highest BCUT2D eigenvalue weighted by Gasteiger charge is 2.28. The zero-order valence-corrected chi connectivity index (χ0v) is 20.8. The summed E-state index contributed by atoms with van der Waals surface area (Å²) < 4.78 is 27.2. The van der Waals surface area contributed by atoms with Crippen LogP contribution < -0.4 is 4.90 Å². The molecule has 0 spiro atoms. The lowest BCUT2D eigenvalue weighted by atomic mass is 10.2. The molecule has 0 saturated carbocycles. The molecule has 10 heteroatoms. The summed E-state index contributed by atoms with van der Waals surface area (Å²) in [6, 6.07) is 11.7. The number of aromatic nitrogens is 1. The first-order chi connectivity index (χ1) is 15.8. The van der Waals surface area contributed by atoms with Gasteiger partial charge in [0.1, 0.15) is 4.90 Å². The summed E-state index contributed by atoms with van der Waals surface area (Å²) in [4.78, 5) is 23.5. The SMILES string of the molecule is Cc1cccc(N2CCN(C(=O)CSc3ccc(S(=O)(=O)N4CCN(C)CC4)cn3)CC2)c1. The van der Waals surface area contributed by atoms with Crippen LogP contribution in [-0.4, -0.2) is 98.6 Å². The first-order valence-corrected chi connectivity index (χ1v) is 13.6. The third kappa shape index (κ3) is 5.87. The summed E-state index contributed by atoms with van der Waals surface area (Å²) in [6.45, 7) is 7.54. The van der Waals surface area contributed by atoms with Gasteiger partial charge in [-0.15, -0.1) is 0 Å². The molecule has 8 nitrogen and oxygen atoms in total. The van der Waals surface area contributed by atoms with Crippen molar-refractivity contribution in [3.05, 3.63) is 48.2 Å². The van der Waals surface area contributed by atoms with Crippen molar-refractivity contribution in [2.75, 3.05) is 70.1 Å². The van der Waals surface area contributed by atoms with Gasteiger partial charge in [-0.05, 0) is 43.8 Å². The number of pyridine rings is 1. The molecule has 3 heterocycles. The Labute approximate surface area is 200 Å². The molecule has 1 aromatic heterocycles. The van der Waals surface area contributed by atoms with Gasteiger partial charge in [-0.3, -0.25) is 4.79 Å². The van der Waals surface area contributed by atoms with Gasteiger partial charge in [0.2, 0.25) is 15.9 Å². The summed E-state index contributed by atoms with van der Waals surface area (Å²) >= 11 is 1.35. The van der Waals surface area contributed by atoms with E-state index in [-0.39, 0.29) is 10.8 Å². The van der Waals surface area contributed by atoms with Gasteiger partial charge in [-0.2, -0.15) is 4.31 Å². The number of amides is 1. The van der Waals surface area contributed by atoms with Crippen LogP contribution in [0.3, 0.4) is 0 Å². The van der Waals surface area contributed by atoms with Gasteiger partial charge >= 0.3 is 0 Å². The van der Waals surface area contributed by atoms with Gasteiger partial charge in [-0.25, -0.2) is 13.4 Å². The van der Waals surface area contributed by atoms with Crippen molar-refractivity contribution in [1.82, 2.24) is 19.1 Å². The third-order valence-corrected chi connectivity index (χ3v) is 8.96. The molecule has 2 aromatic rings. The molecule has 0 N–H and O–H groups in total. The fourth-order valence-corrected chi connectivity index (χ4v) is 6.16. The van der Waals surface area contributed by atoms with Gasteiger partial charge < -0.3 is 14.7 Å². The van der Waals surface area contributed by atoms with E-state index in [2.05, 4.69) is 46.0 Å². The van der Waals surface area contributed by atoms with Crippen molar-refractivity contribution < 1.29 is 13.2 Å². The molecule has 178 valence electrons. The number of benzene rings is 1. The molecule has 2 aliphatic rings. The van der Waals surface area contributed by atoms with Crippen LogP contribution in [0.2, 0.25) is 0 Å². The molecule has 0 unspecified atom stereocenters. The minimum Gasteiger partial charge on any atom is -0.368 e. The number of hydrogen-bond acceptors (Lipinski definition) is 7. The molecular weight excluding hydrogens is 458 g/mol. The Morgan fingerprint density at radius 1 is 1.00 bits per heavy atom. The average Bonchev–Trinajstić information content (AvgIpc) is 2.83. The lowest BCUT2D eigenvalue weighted by Gasteiger charge is -2.36. The summed E-state index contributed by atoms with van der Waals surface area (Å²) in [5.41, 5.74) is 2.43. The number of carbonyl (C=O) groups is 1. The Hall–Kier alpha value is -2.14. The van der Waals surface area contributed by atoms with E-state index in [4.69, 9.17) is 0 Å². The van der Waals surface area contributed by atoms with Gasteiger partial charge in [0.25, 0.3) is 0 Å². The smallest absolute Gasteiger partial charge is 0.244 e. The summed E-state index contributed by atoms with van der Waals surface area (Å²) in [5, 5.41) is 0.652. The number of piperazine rings is 2. The number of hydrogen-bond donors (Lipinski definition) is 0. The van der Waals surface area contributed by atoms with Crippen molar-refractivity contribution in [2.24, 2.45) is 0 Å². The average molecular weight is 490 g/mol. The second kappa shape index (κ2) is 10.4. The number of nitrogens with zero attached hydrogens (tertiary/aromatic N) is 5. The fourth-order valence-electron chi connectivity index (χ4n) is 4.05. The largest absolute Gasteiger partial charge is 0.368 e. The molecule has 2 fully saturated rings. The Balaban J connectivity index is 1.27. The molecule has 0 aliphatic carbocycles. The fraction of sp³-hybridized carbons (Fsp3) is 0.478. The predicted molar refractivity (Wildman–Crippen MR) is 131 cm³/mol. The van der Waals surface area contributed by atoms with Crippen LogP contribution in [0.1, 0.15) is 5.56 Å². The van der Waals surface area contributed by atoms with Gasteiger partial charge in [-0.1, -0.05) is 23.9 Å². The van der Waals surface area contributed by atoms with Crippen LogP contribution in [0.4, 0.5) is 5.69 Å². The second-order valence-corrected chi connectivity index (χ2v) is 11.5. The van der Waals surface area contributed by atoms with Crippen molar-refractivity contribution in [2.45, 2.75) is 16.8 Å². The lowest BCUT2D eigenvalue weighted by Crippen LogP contribution is -2.49. The van der Waals surface area contributed by atoms with E-state index in [1.807, 2.05) is 11.9 Å². The number of anilines is 1. The zero-order valence-electron chi connectivity index (χ0n) is 19.2. The molecule has 0 atom stereocenters. The van der Waals surface area contributed by atoms with Crippen LogP contribution in [0, 0.1) is 6.92 Å². The third-order valence-electron chi connectivity index (χ3n) is 6.15. The Morgan fingerprint density at radius 2 is 1.73 bits per heavy atom. The maximum Gasteiger partial charge on any atom is 0.244 e. The molecule has 0 bridgehead atoms. The maximum atomic E-state index is 12.8. The highest BCUT2D eigenvalue weighted by atomic mass is 32.2. The normalized spacial score (nSPS) is 18.5. The maximum absolute atomic E-state index is 12.8. The number of sulfonamides is 1. The quantitative estimate of drug-likeness (QED) is 0.573. The van der Waals surface area contributed by atoms with E-state index in [0.29, 0.717) is 37.0 Å². The molecular formula is C23H31N5O3S2. The van der Waals surface area contributed by atoms with Gasteiger partial charge in [0.05, 0.1) is 10.8 Å². The van der Waals surface area contributed by atoms with Crippen molar-refractivity contribution in [3.63, 3.8) is 0 Å². The first kappa shape index (κ1) is 24.0. The van der Waals surface area contributed by atoms with Crippen molar-refractivity contribution >= 4 is 33.4 Å². The van der Waals surface area contributed by atoms with Crippen LogP contribution >= 0.6 is 11.8 Å². The standard InChI is InChI=1S/C23H31N5O3S2/c1-19-4-3-5-20(16-19)26-10-12-27(13-11-26)23(29)18-32-22-7-6-21(17-24-22)33(30,31)28-14-8-25(2)9-15-28/h3-7,16-17H,8-15,18H2,1-2H3. The molecule has 2 saturated heterocycles. The molecule has 1 aromatic carbocycles. The number of aryl methyl sites for hydroxylation is 1. The van der Waals surface area contributed by atoms with Crippen molar-refractivity contribution in [1.29, 1.82) is 0 Å². The van der Waals surface area contributed by atoms with E-state index in [1.54, 1.807) is 12.1 Å². The summed E-state index contributed by atoms with van der Waals surface area (Å²) in [5.74, 6) is 0.377. The topological polar surface area (TPSA) is 77.1 Å². The van der Waals surface area contributed by atoms with E-state index >= 15 is 0 Å². The monoisotopic (exact) mass is 489 g/mol. The van der Waals surface area contributed by atoms with Crippen LogP contribution in [0.5, 0.6) is 0 Å². The number of carbonyl (C=O) groups excluding carboxylic acids is 1. The summed E-state index contributed by atoms with van der Waals surface area (Å²) in [6.07, 6.45) is 1.40. The minimum atomic E-state index is -3.53. The molecule has 33 heavy (non-hydrogen) atoms. The Bertz CT molecular complexity index is 1060. The highest BCUT2D eigenvalue weighted by molar-refractivity contribution is 7.99. The Morgan fingerprint density at radius 3 is 2.36 bits per heavy atom. The lowest BCUT2D eigenvalue weighted by molar-refractivity contribution is -0.128. The number of likely N-dealkylation sites (N-methyl/N-ethyl adjacent to an activating group) is 1. The van der Waals surface area contributed by atoms with E-state index in [1.165, 1.54) is 33.5 Å². The first-order valence-electron chi connectivity index (χ1n) is 11.2. The number of thioether (sulfide) groups is 1. The van der Waals surface area contributed by atoms with E-state index in [0.717, 1.165) is 26.2 Å². The zero-order chi connectivity index (χ0) is 23.4. The molecule has 2 aliphatic heterocycles. The van der Waals surface area contributed by atoms with Gasteiger partial charge in [0, 0.05) is 64.2 Å². The molecule has 4 rings (SSSR count). The Kier molecular flexibility index (Phi) is 7.58. The van der Waals surface area contributed by atoms with E-state index in [9.17, 15) is 13.2 Å². The van der Waals surface area contributed by atoms with E-state index < -0.39 is 10.0 Å². The van der Waals surface area contributed by atoms with Crippen LogP contribution in [-0.2, 0) is 14.8 Å². The van der Waals surface area contributed by atoms with Crippen molar-refractivity contribution in [3.8, 4) is 0 Å². The van der Waals surface area contributed by atoms with Crippen LogP contribution in [0.15, 0.2) is 52.5 Å². The molecule has 0 radical (unpaired) electrons. The number of rotatable bonds is 6. The summed E-state index contributed by atoms with van der Waals surface area (Å²) in [7, 11) is -1.54. The van der Waals surface area contributed by atoms with Gasteiger partial charge in [0.15, 0.2) is 0 Å². The predicted octanol–water partition coefficient (Wildman–Crippen LogP) is 1.77. The minimum absolute atomic E-state index is 0.0832. The molecule has 1 amide bonds. The second-order valence-electron chi connectivity index (χ2n) is 8.54. The van der Waals surface area contributed by atoms with Crippen LogP contribution in [0.25, 0.3) is 0 Å².